The Labute approximate surface area is 76.5 Å². The van der Waals surface area contributed by atoms with Gasteiger partial charge in [0.25, 0.3) is 0 Å². The smallest absolute Gasteiger partial charge is 0.327 e. The van der Waals surface area contributed by atoms with Gasteiger partial charge in [-0.2, -0.15) is 13.2 Å². The zero-order chi connectivity index (χ0) is 9.90. The van der Waals surface area contributed by atoms with Gasteiger partial charge in [0.1, 0.15) is 0 Å². The van der Waals surface area contributed by atoms with Crippen LogP contribution in [0.5, 0.6) is 0 Å². The van der Waals surface area contributed by atoms with E-state index in [4.69, 9.17) is 5.73 Å². The molecule has 0 aromatic rings. The highest BCUT2D eigenvalue weighted by Crippen LogP contribution is 2.32. The molecule has 2 N–H and O–H groups in total. The van der Waals surface area contributed by atoms with Crippen LogP contribution < -0.4 is 5.73 Å². The van der Waals surface area contributed by atoms with Crippen molar-refractivity contribution in [2.24, 2.45) is 11.7 Å². The standard InChI is InChI=1S/C9H16F3N/c10-9(11,12)6-7-4-2-1-3-5-8(7)13/h7-8H,1-6,13H2. The fraction of sp³-hybridized carbons (Fsp3) is 1.00. The second kappa shape index (κ2) is 4.31. The van der Waals surface area contributed by atoms with Crippen LogP contribution in [0.4, 0.5) is 13.2 Å². The van der Waals surface area contributed by atoms with Crippen LogP contribution in [0.25, 0.3) is 0 Å². The van der Waals surface area contributed by atoms with Gasteiger partial charge >= 0.3 is 6.18 Å². The Morgan fingerprint density at radius 1 is 1.08 bits per heavy atom. The summed E-state index contributed by atoms with van der Waals surface area (Å²) >= 11 is 0. The normalized spacial score (nSPS) is 31.4. The van der Waals surface area contributed by atoms with E-state index in [1.54, 1.807) is 0 Å². The molecule has 0 saturated heterocycles. The van der Waals surface area contributed by atoms with Crippen LogP contribution in [0.15, 0.2) is 0 Å². The number of halogens is 3. The fourth-order valence-electron chi connectivity index (χ4n) is 1.96. The highest BCUT2D eigenvalue weighted by molar-refractivity contribution is 4.78. The predicted molar refractivity (Wildman–Crippen MR) is 45.2 cm³/mol. The number of hydrogen-bond acceptors (Lipinski definition) is 1. The first-order chi connectivity index (χ1) is 5.99. The largest absolute Gasteiger partial charge is 0.389 e. The minimum atomic E-state index is -4.05. The number of hydrogen-bond donors (Lipinski definition) is 1. The van der Waals surface area contributed by atoms with Gasteiger partial charge in [0.05, 0.1) is 0 Å². The lowest BCUT2D eigenvalue weighted by atomic mass is 9.92. The molecule has 78 valence electrons. The second-order valence-electron chi connectivity index (χ2n) is 3.88. The molecule has 0 bridgehead atoms. The Bertz CT molecular complexity index is 155. The first kappa shape index (κ1) is 10.8. The SMILES string of the molecule is NC1CCCCCC1CC(F)(F)F. The van der Waals surface area contributed by atoms with Crippen LogP contribution in [0.1, 0.15) is 38.5 Å². The quantitative estimate of drug-likeness (QED) is 0.640. The molecule has 4 heteroatoms. The fourth-order valence-corrected chi connectivity index (χ4v) is 1.96. The van der Waals surface area contributed by atoms with Crippen molar-refractivity contribution in [2.75, 3.05) is 0 Å². The third kappa shape index (κ3) is 3.98. The molecular weight excluding hydrogens is 179 g/mol. The molecular formula is C9H16F3N. The van der Waals surface area contributed by atoms with Crippen molar-refractivity contribution in [1.29, 1.82) is 0 Å². The van der Waals surface area contributed by atoms with Crippen molar-refractivity contribution in [3.05, 3.63) is 0 Å². The molecule has 1 nitrogen and oxygen atoms in total. The molecule has 0 aliphatic heterocycles. The summed E-state index contributed by atoms with van der Waals surface area (Å²) in [5.74, 6) is -0.345. The van der Waals surface area contributed by atoms with Gasteiger partial charge in [-0.05, 0) is 18.8 Å². The number of alkyl halides is 3. The molecule has 0 radical (unpaired) electrons. The summed E-state index contributed by atoms with van der Waals surface area (Å²) in [4.78, 5) is 0. The van der Waals surface area contributed by atoms with Crippen LogP contribution in [0, 0.1) is 5.92 Å². The van der Waals surface area contributed by atoms with Crippen molar-refractivity contribution >= 4 is 0 Å². The van der Waals surface area contributed by atoms with Crippen LogP contribution in [-0.2, 0) is 0 Å². The van der Waals surface area contributed by atoms with Gasteiger partial charge in [0, 0.05) is 12.5 Å². The summed E-state index contributed by atoms with van der Waals surface area (Å²) in [7, 11) is 0. The van der Waals surface area contributed by atoms with Crippen molar-refractivity contribution < 1.29 is 13.2 Å². The molecule has 0 heterocycles. The van der Waals surface area contributed by atoms with Gasteiger partial charge in [-0.3, -0.25) is 0 Å². The van der Waals surface area contributed by atoms with Crippen molar-refractivity contribution in [2.45, 2.75) is 50.7 Å². The molecule has 1 fully saturated rings. The minimum Gasteiger partial charge on any atom is -0.327 e. The molecule has 0 aromatic carbocycles. The molecule has 13 heavy (non-hydrogen) atoms. The van der Waals surface area contributed by atoms with E-state index in [1.807, 2.05) is 0 Å². The Hall–Kier alpha value is -0.250. The molecule has 2 unspecified atom stereocenters. The first-order valence-corrected chi connectivity index (χ1v) is 4.81. The van der Waals surface area contributed by atoms with E-state index in [1.165, 1.54) is 0 Å². The third-order valence-electron chi connectivity index (χ3n) is 2.71. The first-order valence-electron chi connectivity index (χ1n) is 4.81. The van der Waals surface area contributed by atoms with Crippen LogP contribution in [0.3, 0.4) is 0 Å². The maximum absolute atomic E-state index is 12.1. The zero-order valence-electron chi connectivity index (χ0n) is 7.61. The van der Waals surface area contributed by atoms with Gasteiger partial charge < -0.3 is 5.73 Å². The predicted octanol–water partition coefficient (Wildman–Crippen LogP) is 2.85. The van der Waals surface area contributed by atoms with Crippen molar-refractivity contribution in [1.82, 2.24) is 0 Å². The molecule has 2 atom stereocenters. The average Bonchev–Trinajstić information content (AvgIpc) is 2.14. The number of nitrogens with two attached hydrogens (primary N) is 1. The lowest BCUT2D eigenvalue weighted by Crippen LogP contribution is -2.32. The van der Waals surface area contributed by atoms with Crippen molar-refractivity contribution in [3.8, 4) is 0 Å². The summed E-state index contributed by atoms with van der Waals surface area (Å²) < 4.78 is 36.3. The Kier molecular flexibility index (Phi) is 3.59. The maximum atomic E-state index is 12.1. The summed E-state index contributed by atoms with van der Waals surface area (Å²) in [6.45, 7) is 0. The number of rotatable bonds is 1. The van der Waals surface area contributed by atoms with Gasteiger partial charge in [0.2, 0.25) is 0 Å². The second-order valence-corrected chi connectivity index (χ2v) is 3.88. The highest BCUT2D eigenvalue weighted by Gasteiger charge is 2.34. The Morgan fingerprint density at radius 2 is 1.69 bits per heavy atom. The van der Waals surface area contributed by atoms with E-state index < -0.39 is 12.6 Å². The van der Waals surface area contributed by atoms with E-state index in [2.05, 4.69) is 0 Å². The minimum absolute atomic E-state index is 0.246. The molecule has 0 aromatic heterocycles. The third-order valence-corrected chi connectivity index (χ3v) is 2.71. The highest BCUT2D eigenvalue weighted by atomic mass is 19.4. The van der Waals surface area contributed by atoms with Crippen molar-refractivity contribution in [3.63, 3.8) is 0 Å². The molecule has 1 rings (SSSR count). The van der Waals surface area contributed by atoms with E-state index >= 15 is 0 Å². The monoisotopic (exact) mass is 195 g/mol. The van der Waals surface area contributed by atoms with E-state index in [-0.39, 0.29) is 12.0 Å². The van der Waals surface area contributed by atoms with Gasteiger partial charge in [-0.15, -0.1) is 0 Å². The molecule has 0 spiro atoms. The zero-order valence-corrected chi connectivity index (χ0v) is 7.61. The molecule has 1 aliphatic rings. The molecule has 1 aliphatic carbocycles. The maximum Gasteiger partial charge on any atom is 0.389 e. The molecule has 1 saturated carbocycles. The Morgan fingerprint density at radius 3 is 2.31 bits per heavy atom. The summed E-state index contributed by atoms with van der Waals surface area (Å²) in [6, 6.07) is -0.246. The van der Waals surface area contributed by atoms with Gasteiger partial charge in [-0.25, -0.2) is 0 Å². The lowest BCUT2D eigenvalue weighted by Gasteiger charge is -2.22. The summed E-state index contributed by atoms with van der Waals surface area (Å²) in [6.07, 6.45) is -0.450. The Balaban J connectivity index is 2.45. The average molecular weight is 195 g/mol. The van der Waals surface area contributed by atoms with Gasteiger partial charge in [0.15, 0.2) is 0 Å². The van der Waals surface area contributed by atoms with E-state index in [0.29, 0.717) is 6.42 Å². The van der Waals surface area contributed by atoms with E-state index in [0.717, 1.165) is 25.7 Å². The summed E-state index contributed by atoms with van der Waals surface area (Å²) in [5.41, 5.74) is 5.69. The van der Waals surface area contributed by atoms with Crippen LogP contribution in [-0.4, -0.2) is 12.2 Å². The van der Waals surface area contributed by atoms with Crippen LogP contribution in [0.2, 0.25) is 0 Å². The van der Waals surface area contributed by atoms with Crippen LogP contribution >= 0.6 is 0 Å². The van der Waals surface area contributed by atoms with Gasteiger partial charge in [-0.1, -0.05) is 19.3 Å². The van der Waals surface area contributed by atoms with E-state index in [9.17, 15) is 13.2 Å². The lowest BCUT2D eigenvalue weighted by molar-refractivity contribution is -0.146. The topological polar surface area (TPSA) is 26.0 Å². The molecule has 0 amide bonds. The summed E-state index contributed by atoms with van der Waals surface area (Å²) in [5, 5.41) is 0.